The molecule has 3 aromatic carbocycles. The van der Waals surface area contributed by atoms with Gasteiger partial charge in [-0.2, -0.15) is 0 Å². The first-order valence-corrected chi connectivity index (χ1v) is 15.4. The van der Waals surface area contributed by atoms with Gasteiger partial charge in [-0.25, -0.2) is 8.42 Å². The number of amides is 2. The van der Waals surface area contributed by atoms with Gasteiger partial charge in [-0.3, -0.25) is 13.9 Å². The first-order chi connectivity index (χ1) is 18.8. The van der Waals surface area contributed by atoms with E-state index in [2.05, 4.69) is 5.32 Å². The third-order valence-electron chi connectivity index (χ3n) is 6.89. The van der Waals surface area contributed by atoms with E-state index in [0.717, 1.165) is 38.4 Å². The molecule has 0 heterocycles. The van der Waals surface area contributed by atoms with E-state index in [1.165, 1.54) is 4.90 Å². The molecule has 0 bridgehead atoms. The van der Waals surface area contributed by atoms with E-state index in [4.69, 9.17) is 0 Å². The number of anilines is 1. The van der Waals surface area contributed by atoms with Crippen LogP contribution in [0.15, 0.2) is 72.8 Å². The molecule has 0 unspecified atom stereocenters. The van der Waals surface area contributed by atoms with E-state index in [-0.39, 0.29) is 18.4 Å². The molecule has 0 aliphatic heterocycles. The number of nitrogens with zero attached hydrogens (tertiary/aromatic N) is 2. The average molecular weight is 564 g/mol. The Bertz CT molecular complexity index is 1400. The Kier molecular flexibility index (Phi) is 10.5. The zero-order valence-corrected chi connectivity index (χ0v) is 25.2. The summed E-state index contributed by atoms with van der Waals surface area (Å²) in [6, 6.07) is 21.8. The predicted molar refractivity (Wildman–Crippen MR) is 162 cm³/mol. The van der Waals surface area contributed by atoms with Crippen LogP contribution < -0.4 is 9.62 Å². The number of sulfonamides is 1. The summed E-state index contributed by atoms with van der Waals surface area (Å²) in [6.45, 7) is 10.1. The lowest BCUT2D eigenvalue weighted by Gasteiger charge is -2.33. The van der Waals surface area contributed by atoms with Crippen LogP contribution in [0.1, 0.15) is 41.7 Å². The molecule has 0 fully saturated rings. The molecular weight excluding hydrogens is 522 g/mol. The summed E-state index contributed by atoms with van der Waals surface area (Å²) in [7, 11) is -3.80. The Labute approximate surface area is 239 Å². The van der Waals surface area contributed by atoms with Crippen LogP contribution in [0.3, 0.4) is 0 Å². The van der Waals surface area contributed by atoms with E-state index in [1.807, 2.05) is 95.3 Å². The highest BCUT2D eigenvalue weighted by Crippen LogP contribution is 2.23. The molecule has 1 N–H and O–H groups in total. The van der Waals surface area contributed by atoms with Crippen molar-refractivity contribution in [3.8, 4) is 0 Å². The van der Waals surface area contributed by atoms with Crippen molar-refractivity contribution in [2.75, 3.05) is 23.7 Å². The highest BCUT2D eigenvalue weighted by Gasteiger charge is 2.33. The number of hydrogen-bond acceptors (Lipinski definition) is 4. The molecule has 2 amide bonds. The summed E-state index contributed by atoms with van der Waals surface area (Å²) in [4.78, 5) is 29.3. The van der Waals surface area contributed by atoms with Crippen LogP contribution in [-0.4, -0.2) is 50.5 Å². The minimum Gasteiger partial charge on any atom is -0.354 e. The Morgan fingerprint density at radius 3 is 2.08 bits per heavy atom. The van der Waals surface area contributed by atoms with Crippen LogP contribution in [0.4, 0.5) is 5.69 Å². The Hall–Kier alpha value is -3.65. The van der Waals surface area contributed by atoms with Gasteiger partial charge in [-0.15, -0.1) is 0 Å². The average Bonchev–Trinajstić information content (AvgIpc) is 2.90. The van der Waals surface area contributed by atoms with Crippen LogP contribution in [0, 0.1) is 26.7 Å². The molecule has 214 valence electrons. The van der Waals surface area contributed by atoms with Crippen LogP contribution in [-0.2, 0) is 32.6 Å². The van der Waals surface area contributed by atoms with Gasteiger partial charge in [0.25, 0.3) is 0 Å². The molecule has 1 atom stereocenters. The summed E-state index contributed by atoms with van der Waals surface area (Å²) in [5.41, 5.74) is 5.20. The van der Waals surface area contributed by atoms with Crippen molar-refractivity contribution in [2.45, 2.75) is 53.6 Å². The standard InChI is InChI=1S/C32H41N3O4S/c1-23(2)20-33-32(37)30(19-27-10-8-7-9-11-27)34(21-28-15-12-24(3)13-16-28)31(36)22-35(40(6,38)39)29-17-14-25(4)26(5)18-29/h7-18,23,30H,19-22H2,1-6H3,(H,33,37)/t30-/m0/s1. The minimum absolute atomic E-state index is 0.163. The van der Waals surface area contributed by atoms with Gasteiger partial charge in [-0.1, -0.05) is 80.1 Å². The van der Waals surface area contributed by atoms with Crippen LogP contribution in [0.5, 0.6) is 0 Å². The molecule has 0 spiro atoms. The van der Waals surface area contributed by atoms with Gasteiger partial charge in [0.15, 0.2) is 0 Å². The summed E-state index contributed by atoms with van der Waals surface area (Å²) >= 11 is 0. The Morgan fingerprint density at radius 2 is 1.50 bits per heavy atom. The molecule has 0 saturated heterocycles. The van der Waals surface area contributed by atoms with Crippen molar-refractivity contribution in [3.63, 3.8) is 0 Å². The number of aryl methyl sites for hydroxylation is 3. The number of nitrogens with one attached hydrogen (secondary N) is 1. The van der Waals surface area contributed by atoms with Crippen LogP contribution >= 0.6 is 0 Å². The van der Waals surface area contributed by atoms with Crippen molar-refractivity contribution in [1.29, 1.82) is 0 Å². The second-order valence-electron chi connectivity index (χ2n) is 10.9. The predicted octanol–water partition coefficient (Wildman–Crippen LogP) is 4.79. The van der Waals surface area contributed by atoms with Gasteiger partial charge < -0.3 is 10.2 Å². The number of carbonyl (C=O) groups is 2. The maximum absolute atomic E-state index is 14.1. The van der Waals surface area contributed by atoms with Gasteiger partial charge in [0.2, 0.25) is 21.8 Å². The molecule has 0 aliphatic carbocycles. The molecule has 7 nitrogen and oxygen atoms in total. The smallest absolute Gasteiger partial charge is 0.244 e. The molecular formula is C32H41N3O4S. The fourth-order valence-corrected chi connectivity index (χ4v) is 5.20. The zero-order chi connectivity index (χ0) is 29.4. The largest absolute Gasteiger partial charge is 0.354 e. The summed E-state index contributed by atoms with van der Waals surface area (Å²) < 4.78 is 27.0. The van der Waals surface area contributed by atoms with Crippen molar-refractivity contribution in [3.05, 3.63) is 101 Å². The third-order valence-corrected chi connectivity index (χ3v) is 8.03. The number of hydrogen-bond donors (Lipinski definition) is 1. The minimum atomic E-state index is -3.80. The second-order valence-corrected chi connectivity index (χ2v) is 12.8. The molecule has 3 rings (SSSR count). The molecule has 0 aromatic heterocycles. The normalized spacial score (nSPS) is 12.2. The van der Waals surface area contributed by atoms with Crippen LogP contribution in [0.25, 0.3) is 0 Å². The second kappa shape index (κ2) is 13.6. The molecule has 40 heavy (non-hydrogen) atoms. The topological polar surface area (TPSA) is 86.8 Å². The van der Waals surface area contributed by atoms with Crippen molar-refractivity contribution >= 4 is 27.5 Å². The highest BCUT2D eigenvalue weighted by molar-refractivity contribution is 7.92. The first kappa shape index (κ1) is 30.9. The molecule has 8 heteroatoms. The maximum atomic E-state index is 14.1. The Balaban J connectivity index is 2.05. The van der Waals surface area contributed by atoms with E-state index in [1.54, 1.807) is 12.1 Å². The maximum Gasteiger partial charge on any atom is 0.244 e. The number of rotatable bonds is 12. The lowest BCUT2D eigenvalue weighted by Crippen LogP contribution is -2.53. The van der Waals surface area contributed by atoms with Gasteiger partial charge in [0.05, 0.1) is 11.9 Å². The van der Waals surface area contributed by atoms with E-state index in [9.17, 15) is 18.0 Å². The quantitative estimate of drug-likeness (QED) is 0.343. The molecule has 0 saturated carbocycles. The fourth-order valence-electron chi connectivity index (χ4n) is 4.36. The van der Waals surface area contributed by atoms with Gasteiger partial charge in [-0.05, 0) is 61.1 Å². The summed E-state index contributed by atoms with van der Waals surface area (Å²) in [5.74, 6) is -0.493. The van der Waals surface area contributed by atoms with Crippen molar-refractivity contribution < 1.29 is 18.0 Å². The van der Waals surface area contributed by atoms with Gasteiger partial charge in [0, 0.05) is 19.5 Å². The van der Waals surface area contributed by atoms with E-state index in [0.29, 0.717) is 18.7 Å². The van der Waals surface area contributed by atoms with E-state index < -0.39 is 28.5 Å². The molecule has 0 radical (unpaired) electrons. The lowest BCUT2D eigenvalue weighted by molar-refractivity contribution is -0.140. The van der Waals surface area contributed by atoms with Crippen molar-refractivity contribution in [2.24, 2.45) is 5.92 Å². The molecule has 3 aromatic rings. The molecule has 0 aliphatic rings. The van der Waals surface area contributed by atoms with Crippen molar-refractivity contribution in [1.82, 2.24) is 10.2 Å². The third kappa shape index (κ3) is 8.68. The SMILES string of the molecule is Cc1ccc(CN(C(=O)CN(c2ccc(C)c(C)c2)S(C)(=O)=O)[C@@H](Cc2ccccc2)C(=O)NCC(C)C)cc1. The number of benzene rings is 3. The highest BCUT2D eigenvalue weighted by atomic mass is 32.2. The summed E-state index contributed by atoms with van der Waals surface area (Å²) in [6.07, 6.45) is 1.39. The number of carbonyl (C=O) groups excluding carboxylic acids is 2. The monoisotopic (exact) mass is 563 g/mol. The fraction of sp³-hybridized carbons (Fsp3) is 0.375. The zero-order valence-electron chi connectivity index (χ0n) is 24.3. The lowest BCUT2D eigenvalue weighted by atomic mass is 10.0. The Morgan fingerprint density at radius 1 is 0.850 bits per heavy atom. The van der Waals surface area contributed by atoms with Crippen LogP contribution in [0.2, 0.25) is 0 Å². The van der Waals surface area contributed by atoms with Gasteiger partial charge >= 0.3 is 0 Å². The van der Waals surface area contributed by atoms with Gasteiger partial charge in [0.1, 0.15) is 12.6 Å². The van der Waals surface area contributed by atoms with E-state index >= 15 is 0 Å². The summed E-state index contributed by atoms with van der Waals surface area (Å²) in [5, 5.41) is 3.00. The first-order valence-electron chi connectivity index (χ1n) is 13.6.